The van der Waals surface area contributed by atoms with Gasteiger partial charge < -0.3 is 14.8 Å². The van der Waals surface area contributed by atoms with Crippen molar-refractivity contribution in [1.29, 1.82) is 0 Å². The molecular formula is C15H22BrNO3S. The predicted molar refractivity (Wildman–Crippen MR) is 91.3 cm³/mol. The summed E-state index contributed by atoms with van der Waals surface area (Å²) < 4.78 is 11.5. The van der Waals surface area contributed by atoms with Crippen molar-refractivity contribution in [3.63, 3.8) is 0 Å². The van der Waals surface area contributed by atoms with Gasteiger partial charge in [-0.15, -0.1) is 11.8 Å². The first-order chi connectivity index (χ1) is 10.0. The van der Waals surface area contributed by atoms with E-state index in [-0.39, 0.29) is 11.9 Å². The molecule has 0 unspecified atom stereocenters. The summed E-state index contributed by atoms with van der Waals surface area (Å²) in [5, 5.41) is 2.96. The van der Waals surface area contributed by atoms with E-state index in [0.717, 1.165) is 22.2 Å². The fourth-order valence-electron chi connectivity index (χ4n) is 1.68. The van der Waals surface area contributed by atoms with Gasteiger partial charge in [0.15, 0.2) is 11.5 Å². The summed E-state index contributed by atoms with van der Waals surface area (Å²) in [4.78, 5) is 11.7. The van der Waals surface area contributed by atoms with Gasteiger partial charge in [-0.25, -0.2) is 0 Å². The van der Waals surface area contributed by atoms with Gasteiger partial charge in [0, 0.05) is 16.3 Å². The van der Waals surface area contributed by atoms with Crippen molar-refractivity contribution < 1.29 is 14.3 Å². The number of carbonyl (C=O) groups is 1. The molecule has 0 aromatic heterocycles. The van der Waals surface area contributed by atoms with E-state index in [9.17, 15) is 4.79 Å². The summed E-state index contributed by atoms with van der Waals surface area (Å²) in [6, 6.07) is 4.04. The van der Waals surface area contributed by atoms with Crippen molar-refractivity contribution in [3.05, 3.63) is 22.2 Å². The minimum Gasteiger partial charge on any atom is -0.493 e. The van der Waals surface area contributed by atoms with Crippen LogP contribution in [0, 0.1) is 0 Å². The second-order valence-electron chi connectivity index (χ2n) is 4.67. The number of nitrogens with one attached hydrogen (secondary N) is 1. The third-order valence-corrected chi connectivity index (χ3v) is 4.78. The fraction of sp³-hybridized carbons (Fsp3) is 0.533. The Labute approximate surface area is 139 Å². The summed E-state index contributed by atoms with van der Waals surface area (Å²) in [7, 11) is 3.22. The molecule has 0 fully saturated rings. The maximum absolute atomic E-state index is 11.7. The maximum Gasteiger partial charge on any atom is 0.230 e. The van der Waals surface area contributed by atoms with E-state index in [4.69, 9.17) is 9.47 Å². The molecule has 6 heteroatoms. The van der Waals surface area contributed by atoms with Gasteiger partial charge in [-0.1, -0.05) is 22.9 Å². The minimum absolute atomic E-state index is 0.0750. The predicted octanol–water partition coefficient (Wildman–Crippen LogP) is 3.61. The van der Waals surface area contributed by atoms with Gasteiger partial charge in [0.25, 0.3) is 0 Å². The smallest absolute Gasteiger partial charge is 0.230 e. The Kier molecular flexibility index (Phi) is 7.96. The first-order valence-corrected chi connectivity index (χ1v) is 8.74. The number of ether oxygens (including phenoxy) is 2. The summed E-state index contributed by atoms with van der Waals surface area (Å²) in [6.07, 6.45) is 0.942. The molecule has 0 bridgehead atoms. The number of hydrogen-bond acceptors (Lipinski definition) is 4. The van der Waals surface area contributed by atoms with Crippen molar-refractivity contribution in [2.24, 2.45) is 0 Å². The van der Waals surface area contributed by atoms with E-state index >= 15 is 0 Å². The fourth-order valence-corrected chi connectivity index (χ4v) is 3.16. The van der Waals surface area contributed by atoms with Crippen LogP contribution in [0.25, 0.3) is 0 Å². The van der Waals surface area contributed by atoms with Crippen LogP contribution < -0.4 is 14.8 Å². The normalized spacial score (nSPS) is 11.9. The zero-order valence-corrected chi connectivity index (χ0v) is 15.3. The van der Waals surface area contributed by atoms with E-state index in [1.807, 2.05) is 19.1 Å². The average Bonchev–Trinajstić information content (AvgIpc) is 2.48. The van der Waals surface area contributed by atoms with E-state index in [1.54, 1.807) is 26.0 Å². The molecule has 1 N–H and O–H groups in total. The number of benzene rings is 1. The molecule has 0 saturated carbocycles. The second-order valence-corrected chi connectivity index (χ2v) is 6.51. The summed E-state index contributed by atoms with van der Waals surface area (Å²) in [6.45, 7) is 4.06. The third kappa shape index (κ3) is 5.79. The number of rotatable bonds is 8. The van der Waals surface area contributed by atoms with E-state index in [2.05, 4.69) is 28.2 Å². The van der Waals surface area contributed by atoms with E-state index < -0.39 is 0 Å². The van der Waals surface area contributed by atoms with Crippen LogP contribution in [-0.2, 0) is 10.5 Å². The van der Waals surface area contributed by atoms with Crippen LogP contribution in [0.15, 0.2) is 16.6 Å². The molecule has 0 spiro atoms. The lowest BCUT2D eigenvalue weighted by Crippen LogP contribution is -2.33. The third-order valence-electron chi connectivity index (χ3n) is 3.06. The number of halogens is 1. The molecule has 1 amide bonds. The molecule has 118 valence electrons. The summed E-state index contributed by atoms with van der Waals surface area (Å²) in [5.74, 6) is 2.64. The van der Waals surface area contributed by atoms with Crippen LogP contribution in [-0.4, -0.2) is 31.9 Å². The van der Waals surface area contributed by atoms with Crippen molar-refractivity contribution in [1.82, 2.24) is 5.32 Å². The molecule has 1 rings (SSSR count). The van der Waals surface area contributed by atoms with Crippen LogP contribution in [0.3, 0.4) is 0 Å². The number of methoxy groups -OCH3 is 2. The van der Waals surface area contributed by atoms with Crippen molar-refractivity contribution in [3.8, 4) is 11.5 Å². The lowest BCUT2D eigenvalue weighted by molar-refractivity contribution is -0.119. The van der Waals surface area contributed by atoms with Crippen molar-refractivity contribution in [2.75, 3.05) is 20.0 Å². The zero-order valence-electron chi connectivity index (χ0n) is 12.9. The standard InChI is InChI=1S/C15H22BrNO3S/c1-5-10(2)17-15(18)9-21-8-11-6-13(19-3)14(20-4)7-12(11)16/h6-7,10H,5,8-9H2,1-4H3,(H,17,18)/t10-/m1/s1. The van der Waals surface area contributed by atoms with Crippen LogP contribution in [0.1, 0.15) is 25.8 Å². The first kappa shape index (κ1) is 18.2. The highest BCUT2D eigenvalue weighted by Gasteiger charge is 2.11. The molecular weight excluding hydrogens is 354 g/mol. The van der Waals surface area contributed by atoms with Gasteiger partial charge in [0.1, 0.15) is 0 Å². The van der Waals surface area contributed by atoms with Crippen LogP contribution in [0.4, 0.5) is 0 Å². The zero-order chi connectivity index (χ0) is 15.8. The Hall–Kier alpha value is -0.880. The summed E-state index contributed by atoms with van der Waals surface area (Å²) >= 11 is 5.10. The molecule has 21 heavy (non-hydrogen) atoms. The number of carbonyl (C=O) groups excluding carboxylic acids is 1. The highest BCUT2D eigenvalue weighted by molar-refractivity contribution is 9.10. The largest absolute Gasteiger partial charge is 0.493 e. The topological polar surface area (TPSA) is 47.6 Å². The highest BCUT2D eigenvalue weighted by atomic mass is 79.9. The molecule has 0 aliphatic heterocycles. The minimum atomic E-state index is 0.0750. The first-order valence-electron chi connectivity index (χ1n) is 6.79. The lowest BCUT2D eigenvalue weighted by Gasteiger charge is -2.13. The van der Waals surface area contributed by atoms with E-state index in [1.165, 1.54) is 0 Å². The molecule has 1 atom stereocenters. The number of hydrogen-bond donors (Lipinski definition) is 1. The molecule has 1 aromatic carbocycles. The quantitative estimate of drug-likeness (QED) is 0.753. The van der Waals surface area contributed by atoms with Gasteiger partial charge in [0.05, 0.1) is 20.0 Å². The number of thioether (sulfide) groups is 1. The monoisotopic (exact) mass is 375 g/mol. The second kappa shape index (κ2) is 9.20. The maximum atomic E-state index is 11.7. The Morgan fingerprint density at radius 1 is 1.33 bits per heavy atom. The molecule has 0 saturated heterocycles. The van der Waals surface area contributed by atoms with Crippen molar-refractivity contribution >= 4 is 33.6 Å². The highest BCUT2D eigenvalue weighted by Crippen LogP contribution is 2.34. The van der Waals surface area contributed by atoms with Gasteiger partial charge >= 0.3 is 0 Å². The molecule has 0 aliphatic rings. The molecule has 0 radical (unpaired) electrons. The lowest BCUT2D eigenvalue weighted by atomic mass is 10.2. The van der Waals surface area contributed by atoms with Crippen molar-refractivity contribution in [2.45, 2.75) is 32.1 Å². The molecule has 0 aliphatic carbocycles. The van der Waals surface area contributed by atoms with Gasteiger partial charge in [-0.05, 0) is 31.0 Å². The van der Waals surface area contributed by atoms with Gasteiger partial charge in [-0.2, -0.15) is 0 Å². The molecule has 1 aromatic rings. The Morgan fingerprint density at radius 3 is 2.52 bits per heavy atom. The van der Waals surface area contributed by atoms with Crippen LogP contribution >= 0.6 is 27.7 Å². The van der Waals surface area contributed by atoms with E-state index in [0.29, 0.717) is 17.3 Å². The van der Waals surface area contributed by atoms with Crippen LogP contribution in [0.5, 0.6) is 11.5 Å². The Balaban J connectivity index is 2.57. The molecule has 4 nitrogen and oxygen atoms in total. The Bertz CT molecular complexity index is 482. The SMILES string of the molecule is CC[C@@H](C)NC(=O)CSCc1cc(OC)c(OC)cc1Br. The van der Waals surface area contributed by atoms with Crippen LogP contribution in [0.2, 0.25) is 0 Å². The van der Waals surface area contributed by atoms with Gasteiger partial charge in [-0.3, -0.25) is 4.79 Å². The Morgan fingerprint density at radius 2 is 1.95 bits per heavy atom. The van der Waals surface area contributed by atoms with Gasteiger partial charge in [0.2, 0.25) is 5.91 Å². The number of amides is 1. The summed E-state index contributed by atoms with van der Waals surface area (Å²) in [5.41, 5.74) is 1.08. The molecule has 0 heterocycles. The average molecular weight is 376 g/mol.